The summed E-state index contributed by atoms with van der Waals surface area (Å²) in [6.45, 7) is 3.80. The summed E-state index contributed by atoms with van der Waals surface area (Å²) in [5, 5.41) is 2.75. The van der Waals surface area contributed by atoms with Crippen LogP contribution in [-0.2, 0) is 16.1 Å². The molecule has 1 atom stereocenters. The molecule has 0 spiro atoms. The monoisotopic (exact) mass is 297 g/mol. The number of benzene rings is 2. The second-order valence-corrected chi connectivity index (χ2v) is 5.07. The van der Waals surface area contributed by atoms with Crippen LogP contribution < -0.4 is 5.32 Å². The first kappa shape index (κ1) is 15.8. The first-order chi connectivity index (χ1) is 10.6. The highest BCUT2D eigenvalue weighted by Crippen LogP contribution is 2.10. The maximum absolute atomic E-state index is 12.1. The Kier molecular flexibility index (Phi) is 5.31. The molecule has 0 aliphatic rings. The van der Waals surface area contributed by atoms with Gasteiger partial charge in [-0.15, -0.1) is 0 Å². The minimum atomic E-state index is -0.837. The molecular weight excluding hydrogens is 278 g/mol. The van der Waals surface area contributed by atoms with Gasteiger partial charge in [-0.2, -0.15) is 0 Å². The van der Waals surface area contributed by atoms with Crippen LogP contribution >= 0.6 is 0 Å². The molecule has 2 aromatic rings. The normalized spacial score (nSPS) is 11.5. The molecule has 4 heteroatoms. The van der Waals surface area contributed by atoms with Crippen molar-refractivity contribution in [1.29, 1.82) is 0 Å². The summed E-state index contributed by atoms with van der Waals surface area (Å²) in [6.07, 6.45) is -0.837. The van der Waals surface area contributed by atoms with E-state index in [0.717, 1.165) is 11.1 Å². The van der Waals surface area contributed by atoms with Crippen LogP contribution in [0.5, 0.6) is 0 Å². The largest absolute Gasteiger partial charge is 0.449 e. The number of amides is 1. The van der Waals surface area contributed by atoms with Crippen molar-refractivity contribution in [2.24, 2.45) is 0 Å². The molecule has 4 nitrogen and oxygen atoms in total. The zero-order chi connectivity index (χ0) is 15.9. The minimum absolute atomic E-state index is 0.314. The standard InChI is InChI=1S/C18H19NO3/c1-13-8-6-7-11-16(13)18(21)22-14(2)17(20)19-12-15-9-4-3-5-10-15/h3-11,14H,12H2,1-2H3,(H,19,20)/t14-/m0/s1. The van der Waals surface area contributed by atoms with Crippen molar-refractivity contribution in [1.82, 2.24) is 5.32 Å². The van der Waals surface area contributed by atoms with Crippen molar-refractivity contribution in [3.05, 3.63) is 71.3 Å². The fourth-order valence-corrected chi connectivity index (χ4v) is 2.01. The van der Waals surface area contributed by atoms with Crippen molar-refractivity contribution in [2.75, 3.05) is 0 Å². The van der Waals surface area contributed by atoms with E-state index in [4.69, 9.17) is 4.74 Å². The zero-order valence-corrected chi connectivity index (χ0v) is 12.7. The van der Waals surface area contributed by atoms with Crippen LogP contribution in [-0.4, -0.2) is 18.0 Å². The molecule has 22 heavy (non-hydrogen) atoms. The fraction of sp³-hybridized carbons (Fsp3) is 0.222. The maximum Gasteiger partial charge on any atom is 0.339 e. The molecule has 0 radical (unpaired) electrons. The average molecular weight is 297 g/mol. The van der Waals surface area contributed by atoms with Crippen molar-refractivity contribution >= 4 is 11.9 Å². The van der Waals surface area contributed by atoms with Gasteiger partial charge in [0.05, 0.1) is 5.56 Å². The molecule has 0 heterocycles. The SMILES string of the molecule is Cc1ccccc1C(=O)O[C@@H](C)C(=O)NCc1ccccc1. The van der Waals surface area contributed by atoms with Crippen LogP contribution in [0.25, 0.3) is 0 Å². The lowest BCUT2D eigenvalue weighted by Gasteiger charge is -2.14. The number of hydrogen-bond donors (Lipinski definition) is 1. The lowest BCUT2D eigenvalue weighted by molar-refractivity contribution is -0.129. The number of hydrogen-bond acceptors (Lipinski definition) is 3. The van der Waals surface area contributed by atoms with Crippen molar-refractivity contribution in [2.45, 2.75) is 26.5 Å². The molecule has 0 aliphatic heterocycles. The second-order valence-electron chi connectivity index (χ2n) is 5.07. The van der Waals surface area contributed by atoms with Gasteiger partial charge in [0.1, 0.15) is 0 Å². The Bertz CT molecular complexity index is 652. The summed E-state index contributed by atoms with van der Waals surface area (Å²) in [4.78, 5) is 24.0. The van der Waals surface area contributed by atoms with Gasteiger partial charge in [-0.3, -0.25) is 4.79 Å². The summed E-state index contributed by atoms with van der Waals surface area (Å²) < 4.78 is 5.22. The van der Waals surface area contributed by atoms with Gasteiger partial charge in [-0.1, -0.05) is 48.5 Å². The first-order valence-corrected chi connectivity index (χ1v) is 7.16. The van der Waals surface area contributed by atoms with Crippen molar-refractivity contribution < 1.29 is 14.3 Å². The van der Waals surface area contributed by atoms with Gasteiger partial charge in [0, 0.05) is 6.54 Å². The highest BCUT2D eigenvalue weighted by Gasteiger charge is 2.19. The lowest BCUT2D eigenvalue weighted by Crippen LogP contribution is -2.35. The Morgan fingerprint density at radius 3 is 2.36 bits per heavy atom. The molecule has 2 rings (SSSR count). The Balaban J connectivity index is 1.89. The van der Waals surface area contributed by atoms with Gasteiger partial charge in [-0.05, 0) is 31.0 Å². The molecule has 0 unspecified atom stereocenters. The highest BCUT2D eigenvalue weighted by molar-refractivity contribution is 5.93. The third kappa shape index (κ3) is 4.19. The zero-order valence-electron chi connectivity index (χ0n) is 12.7. The molecule has 0 aromatic heterocycles. The summed E-state index contributed by atoms with van der Waals surface area (Å²) >= 11 is 0. The van der Waals surface area contributed by atoms with E-state index in [2.05, 4.69) is 5.32 Å². The number of rotatable bonds is 5. The van der Waals surface area contributed by atoms with E-state index in [9.17, 15) is 9.59 Å². The van der Waals surface area contributed by atoms with E-state index in [1.165, 1.54) is 0 Å². The number of esters is 1. The molecule has 1 amide bonds. The predicted molar refractivity (Wildman–Crippen MR) is 84.3 cm³/mol. The van der Waals surface area contributed by atoms with Crippen molar-refractivity contribution in [3.8, 4) is 0 Å². The summed E-state index contributed by atoms with van der Waals surface area (Å²) in [7, 11) is 0. The highest BCUT2D eigenvalue weighted by atomic mass is 16.5. The van der Waals surface area contributed by atoms with E-state index < -0.39 is 12.1 Å². The number of carbonyl (C=O) groups is 2. The Morgan fingerprint density at radius 1 is 1.05 bits per heavy atom. The van der Waals surface area contributed by atoms with Crippen LogP contribution in [0.3, 0.4) is 0 Å². The van der Waals surface area contributed by atoms with Crippen molar-refractivity contribution in [3.63, 3.8) is 0 Å². The lowest BCUT2D eigenvalue weighted by atomic mass is 10.1. The van der Waals surface area contributed by atoms with E-state index in [1.807, 2.05) is 49.4 Å². The molecule has 0 bridgehead atoms. The number of nitrogens with one attached hydrogen (secondary N) is 1. The summed E-state index contributed by atoms with van der Waals surface area (Å²) in [6, 6.07) is 16.7. The molecule has 1 N–H and O–H groups in total. The molecule has 114 valence electrons. The van der Waals surface area contributed by atoms with E-state index in [1.54, 1.807) is 19.1 Å². The van der Waals surface area contributed by atoms with Gasteiger partial charge < -0.3 is 10.1 Å². The number of aryl methyl sites for hydroxylation is 1. The Labute approximate surface area is 130 Å². The molecule has 0 saturated heterocycles. The maximum atomic E-state index is 12.1. The third-order valence-corrected chi connectivity index (χ3v) is 3.33. The third-order valence-electron chi connectivity index (χ3n) is 3.33. The average Bonchev–Trinajstić information content (AvgIpc) is 2.53. The molecule has 0 fully saturated rings. The quantitative estimate of drug-likeness (QED) is 0.863. The summed E-state index contributed by atoms with van der Waals surface area (Å²) in [5.74, 6) is -0.800. The fourth-order valence-electron chi connectivity index (χ4n) is 2.01. The van der Waals surface area contributed by atoms with E-state index in [0.29, 0.717) is 12.1 Å². The van der Waals surface area contributed by atoms with Crippen LogP contribution in [0, 0.1) is 6.92 Å². The van der Waals surface area contributed by atoms with Crippen LogP contribution in [0.2, 0.25) is 0 Å². The molecule has 0 aliphatic carbocycles. The van der Waals surface area contributed by atoms with Gasteiger partial charge in [-0.25, -0.2) is 4.79 Å². The number of ether oxygens (including phenoxy) is 1. The van der Waals surface area contributed by atoms with Crippen LogP contribution in [0.4, 0.5) is 0 Å². The Hall–Kier alpha value is -2.62. The minimum Gasteiger partial charge on any atom is -0.449 e. The van der Waals surface area contributed by atoms with E-state index in [-0.39, 0.29) is 5.91 Å². The Morgan fingerprint density at radius 2 is 1.68 bits per heavy atom. The van der Waals surface area contributed by atoms with Gasteiger partial charge in [0.2, 0.25) is 0 Å². The van der Waals surface area contributed by atoms with Gasteiger partial charge in [0.15, 0.2) is 6.10 Å². The van der Waals surface area contributed by atoms with Crippen LogP contribution in [0.15, 0.2) is 54.6 Å². The van der Waals surface area contributed by atoms with Gasteiger partial charge in [0.25, 0.3) is 5.91 Å². The number of carbonyl (C=O) groups excluding carboxylic acids is 2. The van der Waals surface area contributed by atoms with Crippen LogP contribution in [0.1, 0.15) is 28.4 Å². The molecule has 0 saturated carbocycles. The first-order valence-electron chi connectivity index (χ1n) is 7.16. The predicted octanol–water partition coefficient (Wildman–Crippen LogP) is 2.86. The topological polar surface area (TPSA) is 55.4 Å². The molecular formula is C18H19NO3. The van der Waals surface area contributed by atoms with Gasteiger partial charge >= 0.3 is 5.97 Å². The smallest absolute Gasteiger partial charge is 0.339 e. The summed E-state index contributed by atoms with van der Waals surface area (Å²) in [5.41, 5.74) is 2.29. The van der Waals surface area contributed by atoms with E-state index >= 15 is 0 Å². The molecule has 2 aromatic carbocycles. The second kappa shape index (κ2) is 7.41.